The van der Waals surface area contributed by atoms with Crippen molar-refractivity contribution in [2.75, 3.05) is 0 Å². The van der Waals surface area contributed by atoms with Crippen molar-refractivity contribution in [1.82, 2.24) is 15.4 Å². The molecule has 1 aromatic carbocycles. The largest absolute Gasteiger partial charge is 0.390 e. The van der Waals surface area contributed by atoms with Crippen molar-refractivity contribution in [3.63, 3.8) is 0 Å². The molecule has 0 aliphatic carbocycles. The van der Waals surface area contributed by atoms with E-state index < -0.39 is 0 Å². The van der Waals surface area contributed by atoms with Crippen LogP contribution in [-0.2, 0) is 6.61 Å². The molecule has 4 nitrogen and oxygen atoms in total. The molecule has 2 N–H and O–H groups in total. The first-order chi connectivity index (χ1) is 6.81. The Morgan fingerprint density at radius 2 is 2.21 bits per heavy atom. The first-order valence-corrected chi connectivity index (χ1v) is 4.39. The Kier molecular flexibility index (Phi) is 2.28. The van der Waals surface area contributed by atoms with E-state index in [1.165, 1.54) is 0 Å². The Morgan fingerprint density at radius 3 is 2.93 bits per heavy atom. The van der Waals surface area contributed by atoms with Gasteiger partial charge < -0.3 is 5.11 Å². The van der Waals surface area contributed by atoms with Gasteiger partial charge in [0.05, 0.1) is 6.61 Å². The highest BCUT2D eigenvalue weighted by Crippen LogP contribution is 2.20. The highest BCUT2D eigenvalue weighted by molar-refractivity contribution is 5.61. The number of nitrogens with zero attached hydrogens (tertiary/aromatic N) is 2. The fourth-order valence-corrected chi connectivity index (χ4v) is 1.39. The second kappa shape index (κ2) is 3.59. The van der Waals surface area contributed by atoms with E-state index in [4.69, 9.17) is 5.11 Å². The quantitative estimate of drug-likeness (QED) is 0.747. The lowest BCUT2D eigenvalue weighted by Gasteiger charge is -1.99. The van der Waals surface area contributed by atoms with Crippen molar-refractivity contribution < 1.29 is 5.11 Å². The molecular weight excluding hydrogens is 178 g/mol. The van der Waals surface area contributed by atoms with Gasteiger partial charge in [0.2, 0.25) is 0 Å². The summed E-state index contributed by atoms with van der Waals surface area (Å²) in [6.45, 7) is 1.92. The van der Waals surface area contributed by atoms with Crippen molar-refractivity contribution in [2.24, 2.45) is 0 Å². The summed E-state index contributed by atoms with van der Waals surface area (Å²) in [5, 5.41) is 19.4. The van der Waals surface area contributed by atoms with Crippen LogP contribution in [0.15, 0.2) is 24.3 Å². The second-order valence-electron chi connectivity index (χ2n) is 3.15. The van der Waals surface area contributed by atoms with Crippen LogP contribution < -0.4 is 0 Å². The molecule has 14 heavy (non-hydrogen) atoms. The third-order valence-electron chi connectivity index (χ3n) is 2.06. The van der Waals surface area contributed by atoms with E-state index in [0.717, 1.165) is 16.8 Å². The smallest absolute Gasteiger partial charge is 0.118 e. The molecule has 0 bridgehead atoms. The van der Waals surface area contributed by atoms with Gasteiger partial charge in [-0.1, -0.05) is 23.8 Å². The zero-order valence-corrected chi connectivity index (χ0v) is 7.86. The molecule has 1 heterocycles. The van der Waals surface area contributed by atoms with Gasteiger partial charge in [-0.25, -0.2) is 0 Å². The molecular formula is C10H11N3O. The van der Waals surface area contributed by atoms with Crippen LogP contribution in [0.1, 0.15) is 11.3 Å². The summed E-state index contributed by atoms with van der Waals surface area (Å²) in [5.41, 5.74) is 3.43. The van der Waals surface area contributed by atoms with Crippen LogP contribution in [-0.4, -0.2) is 20.5 Å². The lowest BCUT2D eigenvalue weighted by atomic mass is 10.1. The summed E-state index contributed by atoms with van der Waals surface area (Å²) in [4.78, 5) is 0. The first kappa shape index (κ1) is 8.90. The fraction of sp³-hybridized carbons (Fsp3) is 0.200. The van der Waals surface area contributed by atoms with Gasteiger partial charge in [-0.05, 0) is 13.0 Å². The van der Waals surface area contributed by atoms with Crippen LogP contribution >= 0.6 is 0 Å². The molecule has 0 fully saturated rings. The monoisotopic (exact) mass is 189 g/mol. The lowest BCUT2D eigenvalue weighted by molar-refractivity contribution is 0.277. The minimum Gasteiger partial charge on any atom is -0.390 e. The Balaban J connectivity index is 2.49. The molecule has 0 saturated carbocycles. The normalized spacial score (nSPS) is 10.4. The van der Waals surface area contributed by atoms with Crippen molar-refractivity contribution in [3.8, 4) is 11.3 Å². The van der Waals surface area contributed by atoms with Crippen LogP contribution in [0.25, 0.3) is 11.3 Å². The van der Waals surface area contributed by atoms with Crippen LogP contribution in [0.4, 0.5) is 0 Å². The van der Waals surface area contributed by atoms with Crippen molar-refractivity contribution in [2.45, 2.75) is 13.5 Å². The number of hydrogen-bond donors (Lipinski definition) is 2. The Morgan fingerprint density at radius 1 is 1.36 bits per heavy atom. The number of aromatic amines is 1. The topological polar surface area (TPSA) is 61.8 Å². The van der Waals surface area contributed by atoms with Gasteiger partial charge >= 0.3 is 0 Å². The third kappa shape index (κ3) is 1.52. The van der Waals surface area contributed by atoms with E-state index in [9.17, 15) is 0 Å². The van der Waals surface area contributed by atoms with Gasteiger partial charge in [0.25, 0.3) is 0 Å². The van der Waals surface area contributed by atoms with E-state index >= 15 is 0 Å². The van der Waals surface area contributed by atoms with Crippen LogP contribution in [0, 0.1) is 6.92 Å². The van der Waals surface area contributed by atoms with Gasteiger partial charge in [-0.3, -0.25) is 0 Å². The first-order valence-electron chi connectivity index (χ1n) is 4.39. The van der Waals surface area contributed by atoms with Crippen molar-refractivity contribution >= 4 is 0 Å². The zero-order valence-electron chi connectivity index (χ0n) is 7.86. The number of aromatic nitrogens is 3. The molecule has 2 aromatic rings. The van der Waals surface area contributed by atoms with Crippen molar-refractivity contribution in [3.05, 3.63) is 35.5 Å². The minimum atomic E-state index is -0.0974. The molecule has 2 rings (SSSR count). The van der Waals surface area contributed by atoms with Gasteiger partial charge in [0.1, 0.15) is 11.4 Å². The molecule has 0 spiro atoms. The third-order valence-corrected chi connectivity index (χ3v) is 2.06. The summed E-state index contributed by atoms with van der Waals surface area (Å²) in [7, 11) is 0. The molecule has 0 saturated heterocycles. The fourth-order valence-electron chi connectivity index (χ4n) is 1.39. The maximum Gasteiger partial charge on any atom is 0.118 e. The average Bonchev–Trinajstić information content (AvgIpc) is 2.65. The van der Waals surface area contributed by atoms with Gasteiger partial charge in [0, 0.05) is 5.56 Å². The van der Waals surface area contributed by atoms with Crippen LogP contribution in [0.5, 0.6) is 0 Å². The van der Waals surface area contributed by atoms with Gasteiger partial charge in [-0.15, -0.1) is 0 Å². The van der Waals surface area contributed by atoms with Crippen LogP contribution in [0.3, 0.4) is 0 Å². The molecule has 0 amide bonds. The SMILES string of the molecule is Cc1cccc(-c2n[nH]nc2CO)c1. The Hall–Kier alpha value is -1.68. The predicted octanol–water partition coefficient (Wildman–Crippen LogP) is 1.27. The highest BCUT2D eigenvalue weighted by atomic mass is 16.3. The number of benzene rings is 1. The molecule has 0 aliphatic heterocycles. The number of nitrogens with one attached hydrogen (secondary N) is 1. The summed E-state index contributed by atoms with van der Waals surface area (Å²) in [5.74, 6) is 0. The number of hydrogen-bond acceptors (Lipinski definition) is 3. The summed E-state index contributed by atoms with van der Waals surface area (Å²) in [6.07, 6.45) is 0. The molecule has 4 heteroatoms. The standard InChI is InChI=1S/C10H11N3O/c1-7-3-2-4-8(5-7)10-9(6-14)11-13-12-10/h2-5,14H,6H2,1H3,(H,11,12,13). The van der Waals surface area contributed by atoms with E-state index in [0.29, 0.717) is 5.69 Å². The lowest BCUT2D eigenvalue weighted by Crippen LogP contribution is -1.88. The number of H-pyrrole nitrogens is 1. The Labute approximate surface area is 81.6 Å². The summed E-state index contributed by atoms with van der Waals surface area (Å²) < 4.78 is 0. The Bertz CT molecular complexity index is 436. The number of aryl methyl sites for hydroxylation is 1. The van der Waals surface area contributed by atoms with Gasteiger partial charge in [-0.2, -0.15) is 15.4 Å². The van der Waals surface area contributed by atoms with Gasteiger partial charge in [0.15, 0.2) is 0 Å². The maximum absolute atomic E-state index is 9.02. The van der Waals surface area contributed by atoms with E-state index in [-0.39, 0.29) is 6.61 Å². The second-order valence-corrected chi connectivity index (χ2v) is 3.15. The maximum atomic E-state index is 9.02. The predicted molar refractivity (Wildman–Crippen MR) is 52.5 cm³/mol. The molecule has 0 unspecified atom stereocenters. The van der Waals surface area contributed by atoms with E-state index in [1.54, 1.807) is 0 Å². The van der Waals surface area contributed by atoms with E-state index in [1.807, 2.05) is 31.2 Å². The molecule has 0 radical (unpaired) electrons. The molecule has 72 valence electrons. The van der Waals surface area contributed by atoms with Crippen molar-refractivity contribution in [1.29, 1.82) is 0 Å². The minimum absolute atomic E-state index is 0.0974. The average molecular weight is 189 g/mol. The van der Waals surface area contributed by atoms with Crippen LogP contribution in [0.2, 0.25) is 0 Å². The van der Waals surface area contributed by atoms with E-state index in [2.05, 4.69) is 15.4 Å². The molecule has 0 aliphatic rings. The molecule has 1 aromatic heterocycles. The molecule has 0 atom stereocenters. The summed E-state index contributed by atoms with van der Waals surface area (Å²) in [6, 6.07) is 7.93. The number of aliphatic hydroxyl groups excluding tert-OH is 1. The highest BCUT2D eigenvalue weighted by Gasteiger charge is 2.08. The summed E-state index contributed by atoms with van der Waals surface area (Å²) >= 11 is 0. The number of aliphatic hydroxyl groups is 1. The zero-order chi connectivity index (χ0) is 9.97. The number of rotatable bonds is 2.